The van der Waals surface area contributed by atoms with Crippen LogP contribution in [0.5, 0.6) is 0 Å². The quantitative estimate of drug-likeness (QED) is 0.550. The van der Waals surface area contributed by atoms with Gasteiger partial charge >= 0.3 is 6.03 Å². The summed E-state index contributed by atoms with van der Waals surface area (Å²) >= 11 is 4.90. The minimum Gasteiger partial charge on any atom is -0.328 e. The van der Waals surface area contributed by atoms with Crippen LogP contribution in [0.2, 0.25) is 0 Å². The molecule has 1 aliphatic heterocycles. The van der Waals surface area contributed by atoms with Crippen LogP contribution < -0.4 is 10.6 Å². The van der Waals surface area contributed by atoms with Crippen LogP contribution in [0.4, 0.5) is 4.79 Å². The highest BCUT2D eigenvalue weighted by Crippen LogP contribution is 2.06. The minimum absolute atomic E-state index is 0.0301. The third kappa shape index (κ3) is 1.26. The average Bonchev–Trinajstić information content (AvgIpc) is 2.10. The van der Waals surface area contributed by atoms with Crippen molar-refractivity contribution in [3.05, 3.63) is 0 Å². The molecule has 2 amide bonds. The van der Waals surface area contributed by atoms with Crippen molar-refractivity contribution in [2.24, 2.45) is 5.92 Å². The van der Waals surface area contributed by atoms with Crippen molar-refractivity contribution >= 4 is 23.2 Å². The van der Waals surface area contributed by atoms with E-state index in [1.807, 2.05) is 13.8 Å². The predicted molar refractivity (Wildman–Crippen MR) is 42.9 cm³/mol. The number of carbonyl (C=O) groups excluding carboxylic acids is 1. The van der Waals surface area contributed by atoms with Gasteiger partial charge in [0.1, 0.15) is 4.99 Å². The first-order valence-electron chi connectivity index (χ1n) is 3.22. The number of thiocarbonyl (C=S) groups is 1. The van der Waals surface area contributed by atoms with Gasteiger partial charge in [-0.25, -0.2) is 4.79 Å². The first-order chi connectivity index (χ1) is 4.61. The van der Waals surface area contributed by atoms with Gasteiger partial charge in [0.25, 0.3) is 0 Å². The van der Waals surface area contributed by atoms with Crippen molar-refractivity contribution in [1.29, 1.82) is 0 Å². The van der Waals surface area contributed by atoms with Crippen molar-refractivity contribution < 1.29 is 4.79 Å². The zero-order chi connectivity index (χ0) is 7.72. The van der Waals surface area contributed by atoms with E-state index in [0.717, 1.165) is 0 Å². The molecule has 2 N–H and O–H groups in total. The van der Waals surface area contributed by atoms with Crippen LogP contribution >= 0.6 is 12.2 Å². The Hall–Kier alpha value is -0.640. The number of hydrogen-bond donors (Lipinski definition) is 2. The summed E-state index contributed by atoms with van der Waals surface area (Å²) in [6.45, 7) is 4.04. The zero-order valence-corrected chi connectivity index (χ0v) is 6.79. The van der Waals surface area contributed by atoms with Gasteiger partial charge in [0, 0.05) is 0 Å². The van der Waals surface area contributed by atoms with E-state index in [-0.39, 0.29) is 12.1 Å². The van der Waals surface area contributed by atoms with Gasteiger partial charge in [-0.15, -0.1) is 0 Å². The van der Waals surface area contributed by atoms with Gasteiger partial charge in [-0.05, 0) is 5.92 Å². The van der Waals surface area contributed by atoms with E-state index in [9.17, 15) is 4.79 Å². The molecule has 1 saturated heterocycles. The van der Waals surface area contributed by atoms with E-state index in [0.29, 0.717) is 10.9 Å². The summed E-state index contributed by atoms with van der Waals surface area (Å²) < 4.78 is 0. The highest BCUT2D eigenvalue weighted by atomic mass is 32.1. The fourth-order valence-electron chi connectivity index (χ4n) is 0.902. The summed E-state index contributed by atoms with van der Waals surface area (Å²) in [5, 5.41) is 5.24. The van der Waals surface area contributed by atoms with E-state index in [1.165, 1.54) is 0 Å². The maximum atomic E-state index is 10.7. The molecule has 1 aliphatic rings. The molecule has 0 bridgehead atoms. The van der Waals surface area contributed by atoms with E-state index < -0.39 is 0 Å². The predicted octanol–water partition coefficient (Wildman–Crippen LogP) is 0.651. The second-order valence-electron chi connectivity index (χ2n) is 2.68. The third-order valence-electron chi connectivity index (χ3n) is 1.47. The molecule has 0 aromatic carbocycles. The van der Waals surface area contributed by atoms with Crippen LogP contribution in [0.25, 0.3) is 0 Å². The molecule has 0 aromatic heterocycles. The molecule has 0 saturated carbocycles. The van der Waals surface area contributed by atoms with Crippen molar-refractivity contribution in [2.45, 2.75) is 19.9 Å². The molecule has 0 aromatic rings. The number of hydrogen-bond acceptors (Lipinski definition) is 2. The SMILES string of the molecule is CC(C)C1NC(=O)NC1=S. The zero-order valence-electron chi connectivity index (χ0n) is 5.97. The first-order valence-corrected chi connectivity index (χ1v) is 3.63. The molecule has 0 radical (unpaired) electrons. The van der Waals surface area contributed by atoms with Gasteiger partial charge in [0.15, 0.2) is 0 Å². The molecule has 1 heterocycles. The summed E-state index contributed by atoms with van der Waals surface area (Å²) in [5.41, 5.74) is 0. The molecule has 1 atom stereocenters. The van der Waals surface area contributed by atoms with Crippen molar-refractivity contribution in [1.82, 2.24) is 10.6 Å². The number of rotatable bonds is 1. The fourth-order valence-corrected chi connectivity index (χ4v) is 1.33. The van der Waals surface area contributed by atoms with Gasteiger partial charge in [0.05, 0.1) is 6.04 Å². The topological polar surface area (TPSA) is 41.1 Å². The van der Waals surface area contributed by atoms with Gasteiger partial charge in [0.2, 0.25) is 0 Å². The summed E-state index contributed by atoms with van der Waals surface area (Å²) in [6.07, 6.45) is 0. The molecule has 10 heavy (non-hydrogen) atoms. The van der Waals surface area contributed by atoms with Crippen LogP contribution in [0, 0.1) is 5.92 Å². The van der Waals surface area contributed by atoms with Crippen LogP contribution in [0.3, 0.4) is 0 Å². The van der Waals surface area contributed by atoms with Gasteiger partial charge in [-0.3, -0.25) is 0 Å². The highest BCUT2D eigenvalue weighted by Gasteiger charge is 2.27. The molecule has 56 valence electrons. The Morgan fingerprint density at radius 2 is 2.20 bits per heavy atom. The van der Waals surface area contributed by atoms with Crippen molar-refractivity contribution in [3.8, 4) is 0 Å². The van der Waals surface area contributed by atoms with Crippen molar-refractivity contribution in [3.63, 3.8) is 0 Å². The van der Waals surface area contributed by atoms with Gasteiger partial charge in [-0.1, -0.05) is 26.1 Å². The second kappa shape index (κ2) is 2.54. The Balaban J connectivity index is 2.63. The van der Waals surface area contributed by atoms with Crippen LogP contribution in [-0.4, -0.2) is 17.1 Å². The second-order valence-corrected chi connectivity index (χ2v) is 3.12. The molecule has 1 rings (SSSR count). The molecule has 4 heteroatoms. The largest absolute Gasteiger partial charge is 0.328 e. The Morgan fingerprint density at radius 3 is 2.40 bits per heavy atom. The average molecular weight is 158 g/mol. The Morgan fingerprint density at radius 1 is 1.60 bits per heavy atom. The monoisotopic (exact) mass is 158 g/mol. The van der Waals surface area contributed by atoms with Crippen molar-refractivity contribution in [2.75, 3.05) is 0 Å². The third-order valence-corrected chi connectivity index (χ3v) is 1.83. The molecular formula is C6H10N2OS. The van der Waals surface area contributed by atoms with Gasteiger partial charge in [-0.2, -0.15) is 0 Å². The number of nitrogens with one attached hydrogen (secondary N) is 2. The number of urea groups is 1. The standard InChI is InChI=1S/C6H10N2OS/c1-3(2)4-5(10)8-6(9)7-4/h3-4H,1-2H3,(H2,7,8,9,10). The molecule has 0 aliphatic carbocycles. The van der Waals surface area contributed by atoms with E-state index in [2.05, 4.69) is 10.6 Å². The van der Waals surface area contributed by atoms with E-state index >= 15 is 0 Å². The minimum atomic E-state index is -0.177. The van der Waals surface area contributed by atoms with Crippen LogP contribution in [-0.2, 0) is 0 Å². The molecule has 1 fully saturated rings. The van der Waals surface area contributed by atoms with Crippen LogP contribution in [0.15, 0.2) is 0 Å². The molecule has 1 unspecified atom stereocenters. The molecular weight excluding hydrogens is 148 g/mol. The normalized spacial score (nSPS) is 24.9. The molecule has 0 spiro atoms. The van der Waals surface area contributed by atoms with E-state index in [1.54, 1.807) is 0 Å². The Bertz CT molecular complexity index is 179. The van der Waals surface area contributed by atoms with Crippen LogP contribution in [0.1, 0.15) is 13.8 Å². The Labute approximate surface area is 65.2 Å². The fraction of sp³-hybridized carbons (Fsp3) is 0.667. The summed E-state index contributed by atoms with van der Waals surface area (Å²) in [7, 11) is 0. The lowest BCUT2D eigenvalue weighted by molar-refractivity contribution is 0.246. The summed E-state index contributed by atoms with van der Waals surface area (Å²) in [4.78, 5) is 11.3. The number of carbonyl (C=O) groups is 1. The maximum Gasteiger partial charge on any atom is 0.320 e. The maximum absolute atomic E-state index is 10.7. The Kier molecular flexibility index (Phi) is 1.89. The summed E-state index contributed by atoms with van der Waals surface area (Å²) in [5.74, 6) is 0.367. The lowest BCUT2D eigenvalue weighted by Gasteiger charge is -2.11. The number of amides is 2. The van der Waals surface area contributed by atoms with E-state index in [4.69, 9.17) is 12.2 Å². The highest BCUT2D eigenvalue weighted by molar-refractivity contribution is 7.80. The van der Waals surface area contributed by atoms with Gasteiger partial charge < -0.3 is 10.6 Å². The molecule has 3 nitrogen and oxygen atoms in total. The summed E-state index contributed by atoms with van der Waals surface area (Å²) in [6, 6.07) is -0.147. The first kappa shape index (κ1) is 7.47. The smallest absolute Gasteiger partial charge is 0.320 e. The lowest BCUT2D eigenvalue weighted by Crippen LogP contribution is -2.32. The lowest BCUT2D eigenvalue weighted by atomic mass is 10.1.